The molecule has 1 N–H and O–H groups in total. The second-order valence-corrected chi connectivity index (χ2v) is 5.44. The van der Waals surface area contributed by atoms with E-state index in [4.69, 9.17) is 16.3 Å². The van der Waals surface area contributed by atoms with Gasteiger partial charge in [0.15, 0.2) is 0 Å². The highest BCUT2D eigenvalue weighted by Crippen LogP contribution is 2.34. The van der Waals surface area contributed by atoms with Crippen molar-refractivity contribution in [2.45, 2.75) is 13.0 Å². The van der Waals surface area contributed by atoms with Gasteiger partial charge in [-0.05, 0) is 48.4 Å². The highest BCUT2D eigenvalue weighted by atomic mass is 35.5. The van der Waals surface area contributed by atoms with Crippen LogP contribution in [0.1, 0.15) is 5.56 Å². The summed E-state index contributed by atoms with van der Waals surface area (Å²) in [5.74, 6) is 0.545. The smallest absolute Gasteiger partial charge is 0.129 e. The Labute approximate surface area is 122 Å². The molecule has 1 aliphatic rings. The van der Waals surface area contributed by atoms with E-state index in [1.165, 1.54) is 6.07 Å². The fraction of sp³-hybridized carbons (Fsp3) is 0.250. The molecule has 0 spiro atoms. The number of hydrogen-bond acceptors (Lipinski definition) is 2. The first-order valence-electron chi connectivity index (χ1n) is 6.57. The fourth-order valence-corrected chi connectivity index (χ4v) is 2.33. The molecule has 1 heterocycles. The SMILES string of the molecule is Cc1cc(-c2ccc(Cl)cc2OC2CNC2)ccc1F. The molecule has 0 radical (unpaired) electrons. The minimum absolute atomic E-state index is 0.175. The number of rotatable bonds is 3. The van der Waals surface area contributed by atoms with Gasteiger partial charge < -0.3 is 10.1 Å². The van der Waals surface area contributed by atoms with Gasteiger partial charge in [0.25, 0.3) is 0 Å². The van der Waals surface area contributed by atoms with Crippen molar-refractivity contribution in [1.29, 1.82) is 0 Å². The molecule has 2 aromatic carbocycles. The number of halogens is 2. The maximum absolute atomic E-state index is 13.4. The summed E-state index contributed by atoms with van der Waals surface area (Å²) in [6.07, 6.45) is 0.175. The number of aryl methyl sites for hydroxylation is 1. The zero-order valence-electron chi connectivity index (χ0n) is 11.1. The fourth-order valence-electron chi connectivity index (χ4n) is 2.17. The van der Waals surface area contributed by atoms with E-state index in [-0.39, 0.29) is 11.9 Å². The zero-order valence-corrected chi connectivity index (χ0v) is 11.9. The van der Waals surface area contributed by atoms with Crippen LogP contribution in [0, 0.1) is 12.7 Å². The quantitative estimate of drug-likeness (QED) is 0.928. The van der Waals surface area contributed by atoms with Gasteiger partial charge in [0.2, 0.25) is 0 Å². The second-order valence-electron chi connectivity index (χ2n) is 5.00. The molecule has 0 aliphatic carbocycles. The van der Waals surface area contributed by atoms with Crippen LogP contribution in [0.5, 0.6) is 5.75 Å². The lowest BCUT2D eigenvalue weighted by molar-refractivity contribution is 0.143. The van der Waals surface area contributed by atoms with E-state index in [9.17, 15) is 4.39 Å². The first-order valence-corrected chi connectivity index (χ1v) is 6.95. The maximum atomic E-state index is 13.4. The van der Waals surface area contributed by atoms with Crippen LogP contribution in [0.15, 0.2) is 36.4 Å². The largest absolute Gasteiger partial charge is 0.487 e. The van der Waals surface area contributed by atoms with Gasteiger partial charge in [-0.25, -0.2) is 4.39 Å². The Hall–Kier alpha value is -1.58. The molecule has 0 aromatic heterocycles. The molecule has 0 unspecified atom stereocenters. The third-order valence-electron chi connectivity index (χ3n) is 3.45. The van der Waals surface area contributed by atoms with Crippen LogP contribution in [0.2, 0.25) is 5.02 Å². The van der Waals surface area contributed by atoms with Gasteiger partial charge in [0.1, 0.15) is 17.7 Å². The van der Waals surface area contributed by atoms with E-state index in [0.29, 0.717) is 10.6 Å². The number of ether oxygens (including phenoxy) is 1. The van der Waals surface area contributed by atoms with Crippen molar-refractivity contribution in [3.63, 3.8) is 0 Å². The van der Waals surface area contributed by atoms with E-state index in [1.807, 2.05) is 24.3 Å². The molecular weight excluding hydrogens is 277 g/mol. The third-order valence-corrected chi connectivity index (χ3v) is 3.69. The van der Waals surface area contributed by atoms with E-state index in [1.54, 1.807) is 13.0 Å². The van der Waals surface area contributed by atoms with Crippen LogP contribution in [0.3, 0.4) is 0 Å². The number of hydrogen-bond donors (Lipinski definition) is 1. The molecule has 0 saturated carbocycles. The van der Waals surface area contributed by atoms with Crippen LogP contribution >= 0.6 is 11.6 Å². The van der Waals surface area contributed by atoms with Gasteiger partial charge in [-0.15, -0.1) is 0 Å². The van der Waals surface area contributed by atoms with Crippen LogP contribution < -0.4 is 10.1 Å². The Kier molecular flexibility index (Phi) is 3.64. The maximum Gasteiger partial charge on any atom is 0.129 e. The van der Waals surface area contributed by atoms with Gasteiger partial charge in [-0.3, -0.25) is 0 Å². The van der Waals surface area contributed by atoms with E-state index < -0.39 is 0 Å². The van der Waals surface area contributed by atoms with Crippen molar-refractivity contribution in [1.82, 2.24) is 5.32 Å². The van der Waals surface area contributed by atoms with Gasteiger partial charge in [0, 0.05) is 23.7 Å². The lowest BCUT2D eigenvalue weighted by Crippen LogP contribution is -2.50. The predicted octanol–water partition coefficient (Wildman–Crippen LogP) is 3.81. The van der Waals surface area contributed by atoms with Crippen molar-refractivity contribution < 1.29 is 9.13 Å². The lowest BCUT2D eigenvalue weighted by Gasteiger charge is -2.29. The van der Waals surface area contributed by atoms with Crippen LogP contribution in [0.25, 0.3) is 11.1 Å². The summed E-state index contributed by atoms with van der Waals surface area (Å²) in [4.78, 5) is 0. The second kappa shape index (κ2) is 5.43. The van der Waals surface area contributed by atoms with Crippen molar-refractivity contribution >= 4 is 11.6 Å². The molecule has 1 saturated heterocycles. The molecule has 104 valence electrons. The average molecular weight is 292 g/mol. The Morgan fingerprint density at radius 2 is 2.00 bits per heavy atom. The van der Waals surface area contributed by atoms with Crippen molar-refractivity contribution in [3.8, 4) is 16.9 Å². The molecular formula is C16H15ClFNO. The highest BCUT2D eigenvalue weighted by molar-refractivity contribution is 6.30. The molecule has 0 atom stereocenters. The summed E-state index contributed by atoms with van der Waals surface area (Å²) in [5, 5.41) is 3.80. The van der Waals surface area contributed by atoms with Crippen LogP contribution in [-0.4, -0.2) is 19.2 Å². The Balaban J connectivity index is 2.00. The predicted molar refractivity (Wildman–Crippen MR) is 78.9 cm³/mol. The van der Waals surface area contributed by atoms with Gasteiger partial charge in [-0.1, -0.05) is 17.7 Å². The summed E-state index contributed by atoms with van der Waals surface area (Å²) in [6, 6.07) is 10.6. The first kappa shape index (κ1) is 13.4. The summed E-state index contributed by atoms with van der Waals surface area (Å²) >= 11 is 6.05. The monoisotopic (exact) mass is 291 g/mol. The van der Waals surface area contributed by atoms with Crippen molar-refractivity contribution in [3.05, 3.63) is 52.8 Å². The molecule has 20 heavy (non-hydrogen) atoms. The van der Waals surface area contributed by atoms with E-state index >= 15 is 0 Å². The van der Waals surface area contributed by atoms with Gasteiger partial charge in [0.05, 0.1) is 0 Å². The van der Waals surface area contributed by atoms with Crippen LogP contribution in [0.4, 0.5) is 4.39 Å². The summed E-state index contributed by atoms with van der Waals surface area (Å²) in [7, 11) is 0. The summed E-state index contributed by atoms with van der Waals surface area (Å²) < 4.78 is 19.3. The van der Waals surface area contributed by atoms with Gasteiger partial charge >= 0.3 is 0 Å². The minimum Gasteiger partial charge on any atom is -0.487 e. The number of benzene rings is 2. The van der Waals surface area contributed by atoms with Crippen molar-refractivity contribution in [2.24, 2.45) is 0 Å². The Morgan fingerprint density at radius 1 is 1.20 bits per heavy atom. The molecule has 0 bridgehead atoms. The van der Waals surface area contributed by atoms with Crippen molar-refractivity contribution in [2.75, 3.05) is 13.1 Å². The zero-order chi connectivity index (χ0) is 14.1. The Bertz CT molecular complexity index is 640. The molecule has 1 fully saturated rings. The molecule has 1 aliphatic heterocycles. The van der Waals surface area contributed by atoms with Gasteiger partial charge in [-0.2, -0.15) is 0 Å². The standard InChI is InChI=1S/C16H15ClFNO/c1-10-6-11(2-5-15(10)18)14-4-3-12(17)7-16(14)20-13-8-19-9-13/h2-7,13,19H,8-9H2,1H3. The van der Waals surface area contributed by atoms with E-state index in [0.717, 1.165) is 30.0 Å². The lowest BCUT2D eigenvalue weighted by atomic mass is 10.0. The molecule has 2 aromatic rings. The molecule has 0 amide bonds. The normalized spacial score (nSPS) is 14.9. The average Bonchev–Trinajstić information content (AvgIpc) is 2.38. The number of nitrogens with one attached hydrogen (secondary N) is 1. The Morgan fingerprint density at radius 3 is 2.65 bits per heavy atom. The highest BCUT2D eigenvalue weighted by Gasteiger charge is 2.20. The summed E-state index contributed by atoms with van der Waals surface area (Å²) in [6.45, 7) is 3.44. The molecule has 3 rings (SSSR count). The molecule has 2 nitrogen and oxygen atoms in total. The topological polar surface area (TPSA) is 21.3 Å². The van der Waals surface area contributed by atoms with E-state index in [2.05, 4.69) is 5.32 Å². The minimum atomic E-state index is -0.201. The molecule has 4 heteroatoms. The summed E-state index contributed by atoms with van der Waals surface area (Å²) in [5.41, 5.74) is 2.49. The van der Waals surface area contributed by atoms with Crippen LogP contribution in [-0.2, 0) is 0 Å². The third kappa shape index (κ3) is 2.65. The first-order chi connectivity index (χ1) is 9.63.